The molecule has 2 rings (SSSR count). The first kappa shape index (κ1) is 10.5. The van der Waals surface area contributed by atoms with Gasteiger partial charge in [-0.05, 0) is 19.0 Å². The third-order valence-electron chi connectivity index (χ3n) is 2.61. The van der Waals surface area contributed by atoms with Gasteiger partial charge in [-0.2, -0.15) is 9.97 Å². The van der Waals surface area contributed by atoms with E-state index in [-0.39, 0.29) is 5.95 Å². The largest absolute Gasteiger partial charge is 0.393 e. The van der Waals surface area contributed by atoms with Gasteiger partial charge in [0, 0.05) is 13.1 Å². The number of hydrogen-bond donors (Lipinski definition) is 3. The van der Waals surface area contributed by atoms with E-state index in [0.29, 0.717) is 23.4 Å². The molecule has 1 aromatic rings. The van der Waals surface area contributed by atoms with Gasteiger partial charge in [-0.3, -0.25) is 0 Å². The van der Waals surface area contributed by atoms with E-state index in [1.165, 1.54) is 19.0 Å². The molecule has 0 atom stereocenters. The molecule has 0 spiro atoms. The van der Waals surface area contributed by atoms with Gasteiger partial charge in [0.05, 0.1) is 0 Å². The van der Waals surface area contributed by atoms with Gasteiger partial charge >= 0.3 is 0 Å². The first-order chi connectivity index (χ1) is 7.63. The summed E-state index contributed by atoms with van der Waals surface area (Å²) in [5, 5.41) is 2.85. The Morgan fingerprint density at radius 1 is 1.44 bits per heavy atom. The minimum Gasteiger partial charge on any atom is -0.393 e. The normalized spacial score (nSPS) is 14.6. The van der Waals surface area contributed by atoms with Crippen LogP contribution in [0.15, 0.2) is 12.8 Å². The summed E-state index contributed by atoms with van der Waals surface area (Å²) in [5.41, 5.74) is 12.1. The molecule has 0 aromatic carbocycles. The van der Waals surface area contributed by atoms with E-state index in [9.17, 15) is 0 Å². The predicted molar refractivity (Wildman–Crippen MR) is 66.1 cm³/mol. The van der Waals surface area contributed by atoms with Crippen molar-refractivity contribution in [2.45, 2.75) is 18.9 Å². The van der Waals surface area contributed by atoms with Crippen molar-refractivity contribution < 1.29 is 0 Å². The molecule has 0 unspecified atom stereocenters. The second-order valence-corrected chi connectivity index (χ2v) is 3.86. The number of nitrogens with zero attached hydrogens (tertiary/aromatic N) is 3. The number of nitrogen functional groups attached to an aromatic ring is 2. The van der Waals surface area contributed by atoms with Crippen molar-refractivity contribution in [2.75, 3.05) is 28.7 Å². The van der Waals surface area contributed by atoms with E-state index in [1.807, 2.05) is 11.9 Å². The minimum absolute atomic E-state index is 0.209. The fraction of sp³-hybridized carbons (Fsp3) is 0.400. The van der Waals surface area contributed by atoms with Gasteiger partial charge in [-0.15, -0.1) is 0 Å². The van der Waals surface area contributed by atoms with Crippen LogP contribution in [0.1, 0.15) is 12.8 Å². The maximum absolute atomic E-state index is 5.97. The molecule has 6 nitrogen and oxygen atoms in total. The smallest absolute Gasteiger partial charge is 0.224 e. The second kappa shape index (κ2) is 3.88. The summed E-state index contributed by atoms with van der Waals surface area (Å²) in [6.07, 6.45) is 3.85. The van der Waals surface area contributed by atoms with Crippen molar-refractivity contribution in [3.05, 3.63) is 12.8 Å². The van der Waals surface area contributed by atoms with Gasteiger partial charge in [-0.1, -0.05) is 6.58 Å². The number of aromatic nitrogens is 2. The van der Waals surface area contributed by atoms with E-state index in [2.05, 4.69) is 21.9 Å². The van der Waals surface area contributed by atoms with Crippen molar-refractivity contribution in [3.8, 4) is 0 Å². The average molecular weight is 220 g/mol. The Morgan fingerprint density at radius 2 is 2.12 bits per heavy atom. The van der Waals surface area contributed by atoms with Crippen LogP contribution in [0.4, 0.5) is 23.3 Å². The second-order valence-electron chi connectivity index (χ2n) is 3.86. The van der Waals surface area contributed by atoms with Gasteiger partial charge in [0.1, 0.15) is 5.69 Å². The maximum atomic E-state index is 5.97. The van der Waals surface area contributed by atoms with Crippen LogP contribution in [0.5, 0.6) is 0 Å². The molecule has 0 radical (unpaired) electrons. The summed E-state index contributed by atoms with van der Waals surface area (Å²) in [6.45, 7) is 3.57. The summed E-state index contributed by atoms with van der Waals surface area (Å²) in [7, 11) is 1.97. The number of anilines is 4. The number of rotatable bonds is 4. The first-order valence-electron chi connectivity index (χ1n) is 5.16. The highest BCUT2D eigenvalue weighted by atomic mass is 15.3. The molecule has 1 aliphatic carbocycles. The van der Waals surface area contributed by atoms with Crippen LogP contribution in [0.2, 0.25) is 0 Å². The first-order valence-corrected chi connectivity index (χ1v) is 5.16. The molecule has 1 aliphatic rings. The number of hydrogen-bond acceptors (Lipinski definition) is 6. The molecule has 1 saturated carbocycles. The van der Waals surface area contributed by atoms with Crippen molar-refractivity contribution >= 4 is 23.3 Å². The highest BCUT2D eigenvalue weighted by Gasteiger charge is 2.29. The molecule has 0 aliphatic heterocycles. The van der Waals surface area contributed by atoms with Gasteiger partial charge < -0.3 is 21.7 Å². The quantitative estimate of drug-likeness (QED) is 0.694. The Balaban J connectivity index is 2.38. The summed E-state index contributed by atoms with van der Waals surface area (Å²) in [6, 6.07) is 0.521. The van der Waals surface area contributed by atoms with E-state index in [4.69, 9.17) is 11.5 Å². The summed E-state index contributed by atoms with van der Waals surface area (Å²) < 4.78 is 0. The van der Waals surface area contributed by atoms with E-state index in [1.54, 1.807) is 0 Å². The van der Waals surface area contributed by atoms with Crippen LogP contribution in [0, 0.1) is 0 Å². The fourth-order valence-electron chi connectivity index (χ4n) is 1.58. The molecule has 6 heteroatoms. The predicted octanol–water partition coefficient (Wildman–Crippen LogP) is 0.795. The van der Waals surface area contributed by atoms with Crippen LogP contribution in [-0.4, -0.2) is 23.1 Å². The molecule has 16 heavy (non-hydrogen) atoms. The molecule has 86 valence electrons. The Hall–Kier alpha value is -1.98. The SMILES string of the molecule is C=CNc1nc(N)nc(N(C)C2CC2)c1N. The Morgan fingerprint density at radius 3 is 2.69 bits per heavy atom. The number of nitrogens with two attached hydrogens (primary N) is 2. The molecule has 5 N–H and O–H groups in total. The third kappa shape index (κ3) is 1.86. The van der Waals surface area contributed by atoms with Gasteiger partial charge in [0.15, 0.2) is 11.6 Å². The monoisotopic (exact) mass is 220 g/mol. The Kier molecular flexibility index (Phi) is 2.55. The molecule has 0 amide bonds. The highest BCUT2D eigenvalue weighted by molar-refractivity contribution is 5.77. The number of nitrogens with one attached hydrogen (secondary N) is 1. The maximum Gasteiger partial charge on any atom is 0.224 e. The lowest BCUT2D eigenvalue weighted by Gasteiger charge is -2.20. The van der Waals surface area contributed by atoms with Crippen LogP contribution in [-0.2, 0) is 0 Å². The van der Waals surface area contributed by atoms with Crippen molar-refractivity contribution in [2.24, 2.45) is 0 Å². The molecular formula is C10H16N6. The van der Waals surface area contributed by atoms with Crippen molar-refractivity contribution in [1.82, 2.24) is 9.97 Å². The molecule has 1 heterocycles. The van der Waals surface area contributed by atoms with Crippen LogP contribution in [0.25, 0.3) is 0 Å². The van der Waals surface area contributed by atoms with Crippen molar-refractivity contribution in [3.63, 3.8) is 0 Å². The zero-order valence-electron chi connectivity index (χ0n) is 9.27. The highest BCUT2D eigenvalue weighted by Crippen LogP contribution is 2.34. The minimum atomic E-state index is 0.209. The van der Waals surface area contributed by atoms with E-state index < -0.39 is 0 Å². The lowest BCUT2D eigenvalue weighted by atomic mass is 10.4. The molecule has 0 saturated heterocycles. The van der Waals surface area contributed by atoms with Gasteiger partial charge in [0.25, 0.3) is 0 Å². The zero-order valence-corrected chi connectivity index (χ0v) is 9.27. The lowest BCUT2D eigenvalue weighted by Crippen LogP contribution is -2.23. The molecule has 1 aromatic heterocycles. The van der Waals surface area contributed by atoms with Gasteiger partial charge in [-0.25, -0.2) is 0 Å². The summed E-state index contributed by atoms with van der Waals surface area (Å²) in [5.74, 6) is 1.39. The van der Waals surface area contributed by atoms with E-state index in [0.717, 1.165) is 0 Å². The Bertz CT molecular complexity index is 412. The Labute approximate surface area is 94.4 Å². The van der Waals surface area contributed by atoms with Crippen LogP contribution in [0.3, 0.4) is 0 Å². The summed E-state index contributed by atoms with van der Waals surface area (Å²) in [4.78, 5) is 10.2. The van der Waals surface area contributed by atoms with Crippen molar-refractivity contribution in [1.29, 1.82) is 0 Å². The van der Waals surface area contributed by atoms with Crippen LogP contribution >= 0.6 is 0 Å². The van der Waals surface area contributed by atoms with E-state index >= 15 is 0 Å². The molecular weight excluding hydrogens is 204 g/mol. The standard InChI is InChI=1S/C10H16N6/c1-3-13-8-7(11)9(15-10(12)14-8)16(2)6-4-5-6/h3,6H,1,4-5,11H2,2H3,(H3,12,13,14,15). The molecule has 0 bridgehead atoms. The zero-order chi connectivity index (χ0) is 11.7. The lowest BCUT2D eigenvalue weighted by molar-refractivity contribution is 0.891. The summed E-state index contributed by atoms with van der Waals surface area (Å²) >= 11 is 0. The third-order valence-corrected chi connectivity index (χ3v) is 2.61. The average Bonchev–Trinajstić information content (AvgIpc) is 3.06. The van der Waals surface area contributed by atoms with Gasteiger partial charge in [0.2, 0.25) is 5.95 Å². The fourth-order valence-corrected chi connectivity index (χ4v) is 1.58. The molecule has 1 fully saturated rings. The topological polar surface area (TPSA) is 93.1 Å². The van der Waals surface area contributed by atoms with Crippen LogP contribution < -0.4 is 21.7 Å².